The summed E-state index contributed by atoms with van der Waals surface area (Å²) in [4.78, 5) is 45.2. The number of nitriles is 1. The maximum atomic E-state index is 13.2. The number of ether oxygens (including phenoxy) is 1. The van der Waals surface area contributed by atoms with Gasteiger partial charge in [-0.1, -0.05) is 0 Å². The minimum atomic E-state index is -0.549. The zero-order valence-electron chi connectivity index (χ0n) is 17.8. The van der Waals surface area contributed by atoms with Crippen molar-refractivity contribution in [2.75, 3.05) is 31.2 Å². The Morgan fingerprint density at radius 2 is 2.09 bits per heavy atom. The minimum Gasteiger partial charge on any atom is -0.460 e. The van der Waals surface area contributed by atoms with Gasteiger partial charge >= 0.3 is 5.97 Å². The second-order valence-electron chi connectivity index (χ2n) is 7.64. The largest absolute Gasteiger partial charge is 0.460 e. The first-order chi connectivity index (χ1) is 15.6. The molecule has 2 saturated heterocycles. The highest BCUT2D eigenvalue weighted by molar-refractivity contribution is 5.85. The van der Waals surface area contributed by atoms with E-state index in [1.54, 1.807) is 25.3 Å². The summed E-state index contributed by atoms with van der Waals surface area (Å²) < 4.78 is 4.97. The van der Waals surface area contributed by atoms with Crippen molar-refractivity contribution in [2.24, 2.45) is 5.92 Å². The Labute approximate surface area is 185 Å². The van der Waals surface area contributed by atoms with Crippen molar-refractivity contribution in [3.8, 4) is 6.07 Å². The number of esters is 1. The molecule has 0 N–H and O–H groups in total. The molecule has 2 aromatic rings. The van der Waals surface area contributed by atoms with Crippen molar-refractivity contribution < 1.29 is 19.2 Å². The molecule has 0 saturated carbocycles. The van der Waals surface area contributed by atoms with Crippen molar-refractivity contribution in [1.82, 2.24) is 20.0 Å². The van der Waals surface area contributed by atoms with Gasteiger partial charge in [-0.3, -0.25) is 14.6 Å². The normalized spacial score (nSPS) is 18.9. The molecule has 10 nitrogen and oxygen atoms in total. The monoisotopic (exact) mass is 436 g/mol. The maximum Gasteiger partial charge on any atom is 0.376 e. The summed E-state index contributed by atoms with van der Waals surface area (Å²) in [6, 6.07) is 5.35. The molecule has 2 aliphatic rings. The number of pyridine rings is 1. The number of hydroxylamine groups is 2. The van der Waals surface area contributed by atoms with Crippen molar-refractivity contribution >= 4 is 17.7 Å². The van der Waals surface area contributed by atoms with Gasteiger partial charge in [-0.25, -0.2) is 19.8 Å². The van der Waals surface area contributed by atoms with E-state index in [-0.39, 0.29) is 30.3 Å². The number of piperidine rings is 1. The Bertz CT molecular complexity index is 1030. The highest BCUT2D eigenvalue weighted by atomic mass is 16.7. The summed E-state index contributed by atoms with van der Waals surface area (Å²) in [5, 5.41) is 10.6. The summed E-state index contributed by atoms with van der Waals surface area (Å²) in [7, 11) is 0. The van der Waals surface area contributed by atoms with Crippen molar-refractivity contribution in [3.05, 3.63) is 47.7 Å². The van der Waals surface area contributed by atoms with E-state index in [2.05, 4.69) is 21.0 Å². The molecule has 10 heteroatoms. The van der Waals surface area contributed by atoms with Crippen LogP contribution in [0.25, 0.3) is 0 Å². The zero-order chi connectivity index (χ0) is 22.5. The van der Waals surface area contributed by atoms with Crippen LogP contribution < -0.4 is 4.90 Å². The fourth-order valence-electron chi connectivity index (χ4n) is 4.05. The smallest absolute Gasteiger partial charge is 0.376 e. The number of rotatable bonds is 5. The highest BCUT2D eigenvalue weighted by Crippen LogP contribution is 2.33. The fourth-order valence-corrected chi connectivity index (χ4v) is 4.05. The van der Waals surface area contributed by atoms with E-state index in [1.807, 2.05) is 4.90 Å². The third kappa shape index (κ3) is 4.53. The predicted molar refractivity (Wildman–Crippen MR) is 112 cm³/mol. The quantitative estimate of drug-likeness (QED) is 0.648. The molecule has 0 bridgehead atoms. The fraction of sp³-hybridized carbons (Fsp3) is 0.455. The van der Waals surface area contributed by atoms with Crippen LogP contribution in [0, 0.1) is 17.2 Å². The molecule has 2 fully saturated rings. The Morgan fingerprint density at radius 1 is 1.28 bits per heavy atom. The van der Waals surface area contributed by atoms with Crippen molar-refractivity contribution in [1.29, 1.82) is 5.26 Å². The van der Waals surface area contributed by atoms with Crippen LogP contribution >= 0.6 is 0 Å². The summed E-state index contributed by atoms with van der Waals surface area (Å²) >= 11 is 0. The number of carbonyl (C=O) groups excluding carboxylic acids is 2. The molecule has 4 heterocycles. The Kier molecular flexibility index (Phi) is 6.56. The predicted octanol–water partition coefficient (Wildman–Crippen LogP) is 2.04. The van der Waals surface area contributed by atoms with E-state index in [4.69, 9.17) is 14.8 Å². The van der Waals surface area contributed by atoms with E-state index in [0.29, 0.717) is 50.3 Å². The Balaban J connectivity index is 1.40. The lowest BCUT2D eigenvalue weighted by atomic mass is 9.94. The number of anilines is 1. The molecule has 0 unspecified atom stereocenters. The van der Waals surface area contributed by atoms with E-state index in [9.17, 15) is 9.59 Å². The molecule has 4 rings (SSSR count). The minimum absolute atomic E-state index is 0.0315. The number of nitrogens with zero attached hydrogens (tertiary/aromatic N) is 6. The molecule has 166 valence electrons. The average molecular weight is 436 g/mol. The number of carbonyl (C=O) groups is 2. The van der Waals surface area contributed by atoms with Gasteiger partial charge in [0.05, 0.1) is 24.8 Å². The van der Waals surface area contributed by atoms with Gasteiger partial charge in [-0.05, 0) is 37.5 Å². The van der Waals surface area contributed by atoms with Gasteiger partial charge in [0.25, 0.3) is 0 Å². The van der Waals surface area contributed by atoms with Crippen LogP contribution in [0.3, 0.4) is 0 Å². The summed E-state index contributed by atoms with van der Waals surface area (Å²) in [5.41, 5.74) is 1.27. The highest BCUT2D eigenvalue weighted by Gasteiger charge is 2.37. The van der Waals surface area contributed by atoms with Crippen molar-refractivity contribution in [2.45, 2.75) is 32.2 Å². The summed E-state index contributed by atoms with van der Waals surface area (Å²) in [5.74, 6) is -0.103. The molecular weight excluding hydrogens is 412 g/mol. The van der Waals surface area contributed by atoms with Crippen LogP contribution in [0.15, 0.2) is 30.7 Å². The van der Waals surface area contributed by atoms with Crippen LogP contribution in [-0.2, 0) is 14.4 Å². The molecule has 0 aliphatic carbocycles. The van der Waals surface area contributed by atoms with Gasteiger partial charge in [0.2, 0.25) is 11.7 Å². The lowest BCUT2D eigenvalue weighted by Gasteiger charge is -2.34. The van der Waals surface area contributed by atoms with E-state index in [0.717, 1.165) is 5.56 Å². The first kappa shape index (κ1) is 21.6. The zero-order valence-corrected chi connectivity index (χ0v) is 17.8. The van der Waals surface area contributed by atoms with Crippen LogP contribution in [0.2, 0.25) is 0 Å². The number of amides is 1. The van der Waals surface area contributed by atoms with Crippen LogP contribution in [0.4, 0.5) is 5.82 Å². The van der Waals surface area contributed by atoms with Gasteiger partial charge < -0.3 is 9.64 Å². The van der Waals surface area contributed by atoms with Gasteiger partial charge in [0.1, 0.15) is 11.9 Å². The maximum absolute atomic E-state index is 13.2. The standard InChI is InChI=1S/C22H24N6O4/c1-2-31-22(30)20-25-7-3-19(26-20)27-8-4-16(5-9-27)21(29)28-18(6-10-32-28)17-11-15(12-23)13-24-14-17/h3,7,11,13-14,16,18H,2,4-6,8-10H2,1H3/t18-/m0/s1. The molecular formula is C22H24N6O4. The van der Waals surface area contributed by atoms with Crippen LogP contribution in [0.5, 0.6) is 0 Å². The molecule has 1 amide bonds. The van der Waals surface area contributed by atoms with Crippen molar-refractivity contribution in [3.63, 3.8) is 0 Å². The molecule has 0 spiro atoms. The first-order valence-electron chi connectivity index (χ1n) is 10.7. The van der Waals surface area contributed by atoms with Crippen LogP contribution in [0.1, 0.15) is 54.0 Å². The molecule has 2 aromatic heterocycles. The first-order valence-corrected chi connectivity index (χ1v) is 10.7. The average Bonchev–Trinajstić information content (AvgIpc) is 3.34. The topological polar surface area (TPSA) is 122 Å². The third-order valence-corrected chi connectivity index (χ3v) is 5.66. The van der Waals surface area contributed by atoms with Gasteiger partial charge in [-0.15, -0.1) is 0 Å². The number of hydrogen-bond acceptors (Lipinski definition) is 9. The van der Waals surface area contributed by atoms with Crippen LogP contribution in [-0.4, -0.2) is 58.2 Å². The van der Waals surface area contributed by atoms with E-state index < -0.39 is 5.97 Å². The Morgan fingerprint density at radius 3 is 2.84 bits per heavy atom. The van der Waals surface area contributed by atoms with E-state index >= 15 is 0 Å². The summed E-state index contributed by atoms with van der Waals surface area (Å²) in [6.07, 6.45) is 6.67. The molecule has 0 radical (unpaired) electrons. The second-order valence-corrected chi connectivity index (χ2v) is 7.64. The lowest BCUT2D eigenvalue weighted by Crippen LogP contribution is -2.42. The molecule has 0 aromatic carbocycles. The third-order valence-electron chi connectivity index (χ3n) is 5.66. The van der Waals surface area contributed by atoms with Gasteiger partial charge in [0.15, 0.2) is 0 Å². The van der Waals surface area contributed by atoms with E-state index in [1.165, 1.54) is 17.5 Å². The Hall–Kier alpha value is -3.58. The number of aromatic nitrogens is 3. The van der Waals surface area contributed by atoms with Gasteiger partial charge in [0, 0.05) is 44.0 Å². The SMILES string of the molecule is CCOC(=O)c1nccc(N2CCC(C(=O)N3OCC[C@H]3c3cncc(C#N)c3)CC2)n1. The number of hydrogen-bond donors (Lipinski definition) is 0. The molecule has 2 aliphatic heterocycles. The summed E-state index contributed by atoms with van der Waals surface area (Å²) in [6.45, 7) is 3.69. The van der Waals surface area contributed by atoms with Gasteiger partial charge in [-0.2, -0.15) is 5.26 Å². The molecule has 32 heavy (non-hydrogen) atoms. The second kappa shape index (κ2) is 9.70. The molecule has 1 atom stereocenters. The lowest BCUT2D eigenvalue weighted by molar-refractivity contribution is -0.182.